The molecular formula is C21H29FN2O6S. The summed E-state index contributed by atoms with van der Waals surface area (Å²) in [6, 6.07) is 4.59. The first-order valence-corrected chi connectivity index (χ1v) is 11.9. The molecule has 2 heterocycles. The Balaban J connectivity index is 1.61. The number of benzene rings is 1. The number of sulfonamides is 1. The van der Waals surface area contributed by atoms with Gasteiger partial charge in [0.25, 0.3) is 5.91 Å². The number of piperidine rings is 1. The van der Waals surface area contributed by atoms with Gasteiger partial charge >= 0.3 is 5.97 Å². The molecule has 172 valence electrons. The van der Waals surface area contributed by atoms with Crippen molar-refractivity contribution in [3.8, 4) is 0 Å². The molecule has 0 bridgehead atoms. The van der Waals surface area contributed by atoms with Crippen LogP contribution in [0.1, 0.15) is 33.6 Å². The molecule has 0 radical (unpaired) electrons. The zero-order valence-electron chi connectivity index (χ0n) is 18.0. The van der Waals surface area contributed by atoms with Gasteiger partial charge in [-0.3, -0.25) is 9.59 Å². The van der Waals surface area contributed by atoms with Crippen LogP contribution in [0.4, 0.5) is 4.39 Å². The summed E-state index contributed by atoms with van der Waals surface area (Å²) < 4.78 is 51.1. The third-order valence-corrected chi connectivity index (χ3v) is 7.42. The predicted molar refractivity (Wildman–Crippen MR) is 110 cm³/mol. The highest BCUT2D eigenvalue weighted by Gasteiger charge is 2.36. The van der Waals surface area contributed by atoms with Crippen LogP contribution in [0.15, 0.2) is 29.2 Å². The van der Waals surface area contributed by atoms with Gasteiger partial charge in [-0.05, 0) is 57.9 Å². The van der Waals surface area contributed by atoms with E-state index in [9.17, 15) is 22.4 Å². The SMILES string of the molecule is CC1CN(C(=O)C(C)OC(=O)C2CCCN(S(=O)(=O)c3ccc(F)cc3)C2)CC(C)O1. The Morgan fingerprint density at radius 1 is 1.13 bits per heavy atom. The summed E-state index contributed by atoms with van der Waals surface area (Å²) in [6.45, 7) is 6.37. The molecule has 2 aliphatic heterocycles. The number of esters is 1. The molecule has 4 atom stereocenters. The van der Waals surface area contributed by atoms with Crippen LogP contribution in [-0.2, 0) is 29.1 Å². The molecule has 2 aliphatic rings. The molecule has 0 saturated carbocycles. The van der Waals surface area contributed by atoms with Crippen molar-refractivity contribution in [2.45, 2.75) is 56.8 Å². The summed E-state index contributed by atoms with van der Waals surface area (Å²) in [5, 5.41) is 0. The summed E-state index contributed by atoms with van der Waals surface area (Å²) >= 11 is 0. The molecule has 31 heavy (non-hydrogen) atoms. The van der Waals surface area contributed by atoms with E-state index < -0.39 is 33.8 Å². The average molecular weight is 457 g/mol. The molecule has 0 aromatic heterocycles. The number of morpholine rings is 1. The second-order valence-electron chi connectivity index (χ2n) is 8.24. The summed E-state index contributed by atoms with van der Waals surface area (Å²) in [7, 11) is -3.85. The standard InChI is InChI=1S/C21H29FN2O6S/c1-14-11-23(12-15(2)29-14)20(25)16(3)30-21(26)17-5-4-10-24(13-17)31(27,28)19-8-6-18(22)7-9-19/h6-9,14-17H,4-5,10-13H2,1-3H3. The van der Waals surface area contributed by atoms with Crippen molar-refractivity contribution in [3.05, 3.63) is 30.1 Å². The first-order chi connectivity index (χ1) is 14.6. The van der Waals surface area contributed by atoms with Gasteiger partial charge in [-0.25, -0.2) is 12.8 Å². The van der Waals surface area contributed by atoms with Crippen LogP contribution in [0, 0.1) is 11.7 Å². The van der Waals surface area contributed by atoms with Gasteiger partial charge < -0.3 is 14.4 Å². The number of halogens is 1. The third-order valence-electron chi connectivity index (χ3n) is 5.54. The van der Waals surface area contributed by atoms with Gasteiger partial charge in [-0.1, -0.05) is 0 Å². The Bertz CT molecular complexity index is 897. The van der Waals surface area contributed by atoms with Crippen molar-refractivity contribution in [3.63, 3.8) is 0 Å². The fourth-order valence-corrected chi connectivity index (χ4v) is 5.57. The van der Waals surface area contributed by atoms with Crippen LogP contribution in [-0.4, -0.2) is 74.0 Å². The van der Waals surface area contributed by atoms with Crippen molar-refractivity contribution < 1.29 is 31.9 Å². The van der Waals surface area contributed by atoms with Gasteiger partial charge in [0.2, 0.25) is 10.0 Å². The molecule has 0 aliphatic carbocycles. The first kappa shape index (κ1) is 23.6. The fourth-order valence-electron chi connectivity index (χ4n) is 4.04. The number of nitrogens with zero attached hydrogens (tertiary/aromatic N) is 2. The number of rotatable bonds is 5. The maximum atomic E-state index is 13.1. The molecular weight excluding hydrogens is 427 g/mol. The number of hydrogen-bond donors (Lipinski definition) is 0. The smallest absolute Gasteiger partial charge is 0.311 e. The summed E-state index contributed by atoms with van der Waals surface area (Å²) in [6.07, 6.45) is -0.200. The Morgan fingerprint density at radius 3 is 2.35 bits per heavy atom. The lowest BCUT2D eigenvalue weighted by molar-refractivity contribution is -0.167. The largest absolute Gasteiger partial charge is 0.452 e. The van der Waals surface area contributed by atoms with E-state index in [1.54, 1.807) is 4.90 Å². The van der Waals surface area contributed by atoms with Crippen molar-refractivity contribution >= 4 is 21.9 Å². The van der Waals surface area contributed by atoms with E-state index in [4.69, 9.17) is 9.47 Å². The second kappa shape index (κ2) is 9.62. The normalized spacial score (nSPS) is 26.3. The van der Waals surface area contributed by atoms with Crippen molar-refractivity contribution in [1.82, 2.24) is 9.21 Å². The lowest BCUT2D eigenvalue weighted by atomic mass is 10.00. The van der Waals surface area contributed by atoms with Gasteiger partial charge in [0, 0.05) is 26.2 Å². The van der Waals surface area contributed by atoms with Gasteiger partial charge in [-0.2, -0.15) is 4.31 Å². The van der Waals surface area contributed by atoms with E-state index in [0.29, 0.717) is 25.9 Å². The van der Waals surface area contributed by atoms with Gasteiger partial charge in [0.1, 0.15) is 5.82 Å². The number of carbonyl (C=O) groups is 2. The lowest BCUT2D eigenvalue weighted by Crippen LogP contribution is -2.52. The molecule has 4 unspecified atom stereocenters. The molecule has 1 aromatic carbocycles. The molecule has 8 nitrogen and oxygen atoms in total. The van der Waals surface area contributed by atoms with Gasteiger partial charge in [-0.15, -0.1) is 0 Å². The molecule has 1 amide bonds. The second-order valence-corrected chi connectivity index (χ2v) is 10.2. The lowest BCUT2D eigenvalue weighted by Gasteiger charge is -2.36. The van der Waals surface area contributed by atoms with Crippen LogP contribution in [0.5, 0.6) is 0 Å². The van der Waals surface area contributed by atoms with E-state index in [1.165, 1.54) is 23.4 Å². The van der Waals surface area contributed by atoms with E-state index in [0.717, 1.165) is 12.1 Å². The van der Waals surface area contributed by atoms with Crippen LogP contribution in [0.2, 0.25) is 0 Å². The summed E-state index contributed by atoms with van der Waals surface area (Å²) in [4.78, 5) is 27.0. The minimum absolute atomic E-state index is 0.0259. The average Bonchev–Trinajstić information content (AvgIpc) is 2.72. The molecule has 10 heteroatoms. The van der Waals surface area contributed by atoms with E-state index >= 15 is 0 Å². The van der Waals surface area contributed by atoms with E-state index in [-0.39, 0.29) is 36.1 Å². The predicted octanol–water partition coefficient (Wildman–Crippen LogP) is 1.79. The minimum Gasteiger partial charge on any atom is -0.452 e. The zero-order chi connectivity index (χ0) is 22.8. The molecule has 3 rings (SSSR count). The Labute approximate surface area is 182 Å². The zero-order valence-corrected chi connectivity index (χ0v) is 18.8. The van der Waals surface area contributed by atoms with Crippen molar-refractivity contribution in [2.75, 3.05) is 26.2 Å². The number of amides is 1. The van der Waals surface area contributed by atoms with Crippen molar-refractivity contribution in [1.29, 1.82) is 0 Å². The van der Waals surface area contributed by atoms with Gasteiger partial charge in [0.15, 0.2) is 6.10 Å². The van der Waals surface area contributed by atoms with Gasteiger partial charge in [0.05, 0.1) is 23.0 Å². The summed E-state index contributed by atoms with van der Waals surface area (Å²) in [5.41, 5.74) is 0. The number of carbonyl (C=O) groups excluding carboxylic acids is 2. The monoisotopic (exact) mass is 456 g/mol. The molecule has 2 saturated heterocycles. The first-order valence-electron chi connectivity index (χ1n) is 10.5. The number of ether oxygens (including phenoxy) is 2. The highest BCUT2D eigenvalue weighted by Crippen LogP contribution is 2.25. The Morgan fingerprint density at radius 2 is 1.74 bits per heavy atom. The van der Waals surface area contributed by atoms with Crippen LogP contribution in [0.25, 0.3) is 0 Å². The van der Waals surface area contributed by atoms with Crippen LogP contribution in [0.3, 0.4) is 0 Å². The highest BCUT2D eigenvalue weighted by molar-refractivity contribution is 7.89. The molecule has 0 N–H and O–H groups in total. The fraction of sp³-hybridized carbons (Fsp3) is 0.619. The van der Waals surface area contributed by atoms with Crippen LogP contribution >= 0.6 is 0 Å². The Hall–Kier alpha value is -2.04. The van der Waals surface area contributed by atoms with Crippen molar-refractivity contribution in [2.24, 2.45) is 5.92 Å². The number of hydrogen-bond acceptors (Lipinski definition) is 6. The summed E-state index contributed by atoms with van der Waals surface area (Å²) in [5.74, 6) is -2.07. The van der Waals surface area contributed by atoms with Crippen LogP contribution < -0.4 is 0 Å². The van der Waals surface area contributed by atoms with E-state index in [2.05, 4.69) is 0 Å². The minimum atomic E-state index is -3.85. The highest BCUT2D eigenvalue weighted by atomic mass is 32.2. The quantitative estimate of drug-likeness (QED) is 0.628. The maximum absolute atomic E-state index is 13.1. The molecule has 0 spiro atoms. The van der Waals surface area contributed by atoms with E-state index in [1.807, 2.05) is 13.8 Å². The Kier molecular flexibility index (Phi) is 7.33. The molecule has 1 aromatic rings. The third kappa shape index (κ3) is 5.61. The molecule has 2 fully saturated rings. The topological polar surface area (TPSA) is 93.2 Å². The maximum Gasteiger partial charge on any atom is 0.311 e.